The third kappa shape index (κ3) is 4.06. The first kappa shape index (κ1) is 22.8. The molecule has 1 saturated heterocycles. The summed E-state index contributed by atoms with van der Waals surface area (Å²) in [5.41, 5.74) is 4.96. The van der Waals surface area contributed by atoms with Crippen LogP contribution >= 0.6 is 15.9 Å². The van der Waals surface area contributed by atoms with Gasteiger partial charge in [-0.3, -0.25) is 9.80 Å². The molecule has 36 heavy (non-hydrogen) atoms. The van der Waals surface area contributed by atoms with Crippen LogP contribution in [0.25, 0.3) is 11.0 Å². The van der Waals surface area contributed by atoms with Crippen LogP contribution in [0.15, 0.2) is 79.8 Å². The fraction of sp³-hybridized carbons (Fsp3) is 0.269. The Bertz CT molecular complexity index is 1490. The molecule has 3 atom stereocenters. The summed E-state index contributed by atoms with van der Waals surface area (Å²) >= 11 is 3.49. The monoisotopic (exact) mass is 549 g/mol. The number of hydrogen-bond acceptors (Lipinski definition) is 6. The number of amides is 1. The first-order valence-corrected chi connectivity index (χ1v) is 12.5. The normalized spacial score (nSPS) is 22.1. The number of anilines is 1. The van der Waals surface area contributed by atoms with E-state index in [1.165, 1.54) is 0 Å². The molecule has 0 spiro atoms. The minimum absolute atomic E-state index is 0.0367. The zero-order valence-corrected chi connectivity index (χ0v) is 21.1. The second kappa shape index (κ2) is 9.11. The van der Waals surface area contributed by atoms with Gasteiger partial charge in [0.1, 0.15) is 12.8 Å². The van der Waals surface area contributed by atoms with Gasteiger partial charge in [0, 0.05) is 16.6 Å². The lowest BCUT2D eigenvalue weighted by molar-refractivity contribution is -0.128. The van der Waals surface area contributed by atoms with Gasteiger partial charge in [0.2, 0.25) is 0 Å². The van der Waals surface area contributed by atoms with E-state index in [1.807, 2.05) is 58.4 Å². The van der Waals surface area contributed by atoms with Crippen LogP contribution in [0.5, 0.6) is 0 Å². The summed E-state index contributed by atoms with van der Waals surface area (Å²) in [6.07, 6.45) is 3.47. The first-order valence-electron chi connectivity index (χ1n) is 11.8. The number of rotatable bonds is 6. The number of benzene rings is 2. The summed E-state index contributed by atoms with van der Waals surface area (Å²) in [7, 11) is 0. The summed E-state index contributed by atoms with van der Waals surface area (Å²) in [6.45, 7) is 2.63. The highest BCUT2D eigenvalue weighted by molar-refractivity contribution is 9.10. The van der Waals surface area contributed by atoms with Gasteiger partial charge in [-0.05, 0) is 61.4 Å². The predicted octanol–water partition coefficient (Wildman–Crippen LogP) is 3.87. The van der Waals surface area contributed by atoms with Crippen LogP contribution in [0, 0.1) is 5.92 Å². The van der Waals surface area contributed by atoms with Crippen molar-refractivity contribution in [2.75, 3.05) is 18.2 Å². The number of hydrazone groups is 1. The molecule has 10 heteroatoms. The number of furan rings is 1. The Hall–Kier alpha value is -3.63. The van der Waals surface area contributed by atoms with Crippen molar-refractivity contribution in [2.45, 2.75) is 25.6 Å². The number of aromatic amines is 2. The minimum Gasteiger partial charge on any atom is -0.472 e. The molecule has 1 fully saturated rings. The number of aromatic nitrogens is 2. The van der Waals surface area contributed by atoms with Crippen molar-refractivity contribution < 1.29 is 13.9 Å². The molecule has 9 nitrogen and oxygen atoms in total. The van der Waals surface area contributed by atoms with E-state index in [0.29, 0.717) is 13.0 Å². The van der Waals surface area contributed by atoms with E-state index in [9.17, 15) is 9.59 Å². The smallest absolute Gasteiger partial charge is 0.323 e. The summed E-state index contributed by atoms with van der Waals surface area (Å²) in [5, 5.41) is 6.96. The highest BCUT2D eigenvalue weighted by atomic mass is 79.9. The van der Waals surface area contributed by atoms with Gasteiger partial charge >= 0.3 is 5.69 Å². The maximum absolute atomic E-state index is 12.9. The van der Waals surface area contributed by atoms with Gasteiger partial charge in [-0.15, -0.1) is 0 Å². The summed E-state index contributed by atoms with van der Waals surface area (Å²) in [6, 6.07) is 15.6. The maximum atomic E-state index is 12.9. The summed E-state index contributed by atoms with van der Waals surface area (Å²) in [4.78, 5) is 31.9. The number of carbonyl (C=O) groups is 1. The molecule has 0 radical (unpaired) electrons. The van der Waals surface area contributed by atoms with Crippen LogP contribution in [-0.4, -0.2) is 51.9 Å². The summed E-state index contributed by atoms with van der Waals surface area (Å²) < 4.78 is 12.5. The second-order valence-electron chi connectivity index (χ2n) is 9.08. The topological polar surface area (TPSA) is 107 Å². The molecule has 2 aromatic carbocycles. The third-order valence-corrected chi connectivity index (χ3v) is 7.41. The Labute approximate surface area is 214 Å². The molecule has 0 aliphatic carbocycles. The van der Waals surface area contributed by atoms with Crippen LogP contribution in [0.2, 0.25) is 0 Å². The number of nitrogens with zero attached hydrogens (tertiary/aromatic N) is 3. The number of nitrogens with one attached hydrogen (secondary N) is 2. The van der Waals surface area contributed by atoms with Gasteiger partial charge < -0.3 is 24.0 Å². The van der Waals surface area contributed by atoms with Crippen LogP contribution < -0.4 is 10.7 Å². The lowest BCUT2D eigenvalue weighted by Crippen LogP contribution is -2.47. The molecule has 184 valence electrons. The van der Waals surface area contributed by atoms with Gasteiger partial charge in [0.05, 0.1) is 46.9 Å². The van der Waals surface area contributed by atoms with Crippen LogP contribution in [0.4, 0.5) is 5.69 Å². The van der Waals surface area contributed by atoms with Crippen molar-refractivity contribution in [3.8, 4) is 0 Å². The van der Waals surface area contributed by atoms with E-state index in [1.54, 1.807) is 12.5 Å². The molecule has 3 unspecified atom stereocenters. The van der Waals surface area contributed by atoms with Gasteiger partial charge in [0.15, 0.2) is 0 Å². The van der Waals surface area contributed by atoms with E-state index in [0.717, 1.165) is 38.0 Å². The Kier molecular flexibility index (Phi) is 5.77. The van der Waals surface area contributed by atoms with E-state index in [2.05, 4.69) is 32.8 Å². The lowest BCUT2D eigenvalue weighted by Gasteiger charge is -2.32. The number of H-pyrrole nitrogens is 2. The molecule has 1 amide bonds. The molecule has 2 aliphatic heterocycles. The van der Waals surface area contributed by atoms with Gasteiger partial charge in [-0.2, -0.15) is 5.10 Å². The van der Waals surface area contributed by atoms with E-state index in [4.69, 9.17) is 14.3 Å². The quantitative estimate of drug-likeness (QED) is 0.379. The molecule has 0 bridgehead atoms. The summed E-state index contributed by atoms with van der Waals surface area (Å²) in [5.74, 6) is -0.224. The van der Waals surface area contributed by atoms with Gasteiger partial charge in [0.25, 0.3) is 5.91 Å². The highest BCUT2D eigenvalue weighted by Gasteiger charge is 2.47. The standard InChI is InChI=1S/C26H24BrN5O4/c1-15-23(24(17-9-11-35-13-17)30-32(15)19-5-3-18(27)4-6-19)25-31(22(33)14-36-25)10-8-16-2-7-20-21(12-16)29-26(34)28-20/h2-7,9,11-13,15,23,25H,8,10,14H2,1H3,(H2,28,29,34). The average Bonchev–Trinajstić information content (AvgIpc) is 3.64. The van der Waals surface area contributed by atoms with Crippen LogP contribution in [0.3, 0.4) is 0 Å². The first-order chi connectivity index (χ1) is 17.5. The molecular formula is C26H24BrN5O4. The van der Waals surface area contributed by atoms with Crippen molar-refractivity contribution >= 4 is 44.3 Å². The Morgan fingerprint density at radius 2 is 1.89 bits per heavy atom. The van der Waals surface area contributed by atoms with E-state index in [-0.39, 0.29) is 30.2 Å². The zero-order chi connectivity index (χ0) is 24.8. The number of imidazole rings is 1. The number of fused-ring (bicyclic) bond motifs is 1. The molecule has 6 rings (SSSR count). The molecule has 4 aromatic rings. The van der Waals surface area contributed by atoms with Gasteiger partial charge in [-0.1, -0.05) is 22.0 Å². The highest BCUT2D eigenvalue weighted by Crippen LogP contribution is 2.36. The fourth-order valence-electron chi connectivity index (χ4n) is 5.08. The van der Waals surface area contributed by atoms with Crippen LogP contribution in [0.1, 0.15) is 18.1 Å². The molecule has 4 heterocycles. The molecule has 0 saturated carbocycles. The fourth-order valence-corrected chi connectivity index (χ4v) is 5.34. The van der Waals surface area contributed by atoms with Crippen molar-refractivity contribution in [1.29, 1.82) is 0 Å². The van der Waals surface area contributed by atoms with E-state index >= 15 is 0 Å². The molecular weight excluding hydrogens is 526 g/mol. The Morgan fingerprint density at radius 1 is 1.08 bits per heavy atom. The second-order valence-corrected chi connectivity index (χ2v) is 10.00. The average molecular weight is 550 g/mol. The number of carbonyl (C=O) groups excluding carboxylic acids is 1. The minimum atomic E-state index is -0.461. The van der Waals surface area contributed by atoms with Crippen LogP contribution in [-0.2, 0) is 16.0 Å². The van der Waals surface area contributed by atoms with Crippen molar-refractivity contribution in [3.63, 3.8) is 0 Å². The largest absolute Gasteiger partial charge is 0.472 e. The van der Waals surface area contributed by atoms with Crippen molar-refractivity contribution in [1.82, 2.24) is 14.9 Å². The third-order valence-electron chi connectivity index (χ3n) is 6.88. The van der Waals surface area contributed by atoms with Crippen molar-refractivity contribution in [2.24, 2.45) is 11.0 Å². The zero-order valence-electron chi connectivity index (χ0n) is 19.5. The van der Waals surface area contributed by atoms with Gasteiger partial charge in [-0.25, -0.2) is 4.79 Å². The van der Waals surface area contributed by atoms with E-state index < -0.39 is 6.23 Å². The number of ether oxygens (including phenoxy) is 1. The number of halogens is 1. The predicted molar refractivity (Wildman–Crippen MR) is 139 cm³/mol. The SMILES string of the molecule is CC1C(C2OCC(=O)N2CCc2ccc3[nH]c(=O)[nH]c3c2)C(c2ccoc2)=NN1c1ccc(Br)cc1. The molecule has 2 aromatic heterocycles. The number of hydrogen-bond donors (Lipinski definition) is 2. The molecule has 2 N–H and O–H groups in total. The Balaban J connectivity index is 1.28. The maximum Gasteiger partial charge on any atom is 0.323 e. The van der Waals surface area contributed by atoms with Crippen molar-refractivity contribution in [3.05, 3.63) is 87.1 Å². The lowest BCUT2D eigenvalue weighted by atomic mass is 9.90. The Morgan fingerprint density at radius 3 is 2.67 bits per heavy atom. The molecule has 2 aliphatic rings.